The normalized spacial score (nSPS) is 21.5. The van der Waals surface area contributed by atoms with Crippen LogP contribution in [0.5, 0.6) is 11.5 Å². The number of carbonyl (C=O) groups excluding carboxylic acids is 2. The summed E-state index contributed by atoms with van der Waals surface area (Å²) in [6.45, 7) is 4.87. The molecule has 0 aromatic heterocycles. The zero-order chi connectivity index (χ0) is 19.6. The first-order chi connectivity index (χ1) is 13.6. The van der Waals surface area contributed by atoms with Gasteiger partial charge < -0.3 is 14.5 Å². The van der Waals surface area contributed by atoms with Crippen LogP contribution in [0.15, 0.2) is 54.6 Å². The number of ether oxygens (including phenoxy) is 1. The van der Waals surface area contributed by atoms with Crippen LogP contribution in [0.2, 0.25) is 0 Å². The number of rotatable bonds is 5. The second-order valence-electron chi connectivity index (χ2n) is 7.74. The molecule has 0 N–H and O–H groups in total. The molecule has 1 spiro atoms. The minimum absolute atomic E-state index is 0.0304. The minimum Gasteiger partial charge on any atom is -0.457 e. The van der Waals surface area contributed by atoms with E-state index in [2.05, 4.69) is 6.92 Å². The fraction of sp³-hybridized carbons (Fsp3) is 0.391. The van der Waals surface area contributed by atoms with Crippen molar-refractivity contribution in [2.75, 3.05) is 26.2 Å². The summed E-state index contributed by atoms with van der Waals surface area (Å²) in [6.07, 6.45) is 2.59. The van der Waals surface area contributed by atoms with Gasteiger partial charge >= 0.3 is 0 Å². The maximum atomic E-state index is 13.1. The molecule has 5 heteroatoms. The SMILES string of the molecule is CCCN1CCC2(CCN(C(=O)c3cccc(Oc4ccccc4)c3)C2)C1=O. The molecule has 2 aliphatic rings. The van der Waals surface area contributed by atoms with Gasteiger partial charge in [-0.15, -0.1) is 0 Å². The van der Waals surface area contributed by atoms with E-state index in [0.717, 1.165) is 38.1 Å². The molecule has 2 aliphatic heterocycles. The summed E-state index contributed by atoms with van der Waals surface area (Å²) in [7, 11) is 0. The summed E-state index contributed by atoms with van der Waals surface area (Å²) in [5.74, 6) is 1.57. The molecular formula is C23H26N2O3. The zero-order valence-corrected chi connectivity index (χ0v) is 16.3. The molecule has 28 heavy (non-hydrogen) atoms. The summed E-state index contributed by atoms with van der Waals surface area (Å²) in [5, 5.41) is 0. The predicted octanol–water partition coefficient (Wildman–Crippen LogP) is 3.95. The molecule has 5 nitrogen and oxygen atoms in total. The molecule has 2 saturated heterocycles. The van der Waals surface area contributed by atoms with Crippen LogP contribution in [0.3, 0.4) is 0 Å². The highest BCUT2D eigenvalue weighted by atomic mass is 16.5. The smallest absolute Gasteiger partial charge is 0.254 e. The summed E-state index contributed by atoms with van der Waals surface area (Å²) < 4.78 is 5.85. The highest BCUT2D eigenvalue weighted by molar-refractivity contribution is 5.96. The Hall–Kier alpha value is -2.82. The number of amides is 2. The van der Waals surface area contributed by atoms with Crippen LogP contribution in [0, 0.1) is 5.41 Å². The van der Waals surface area contributed by atoms with Crippen LogP contribution in [-0.4, -0.2) is 47.8 Å². The van der Waals surface area contributed by atoms with E-state index in [1.807, 2.05) is 58.3 Å². The fourth-order valence-corrected chi connectivity index (χ4v) is 4.30. The third kappa shape index (κ3) is 3.49. The Kier molecular flexibility index (Phi) is 5.07. The minimum atomic E-state index is -0.372. The van der Waals surface area contributed by atoms with E-state index >= 15 is 0 Å². The molecule has 146 valence electrons. The molecule has 2 amide bonds. The molecular weight excluding hydrogens is 352 g/mol. The lowest BCUT2D eigenvalue weighted by Gasteiger charge is -2.23. The van der Waals surface area contributed by atoms with E-state index in [1.54, 1.807) is 6.07 Å². The highest BCUT2D eigenvalue weighted by Gasteiger charge is 2.51. The maximum absolute atomic E-state index is 13.1. The van der Waals surface area contributed by atoms with E-state index in [9.17, 15) is 9.59 Å². The van der Waals surface area contributed by atoms with Crippen molar-refractivity contribution >= 4 is 11.8 Å². The first kappa shape index (κ1) is 18.5. The molecule has 2 heterocycles. The third-order valence-electron chi connectivity index (χ3n) is 5.80. The Morgan fingerprint density at radius 2 is 1.79 bits per heavy atom. The number of para-hydroxylation sites is 1. The van der Waals surface area contributed by atoms with Gasteiger partial charge in [-0.3, -0.25) is 9.59 Å². The largest absolute Gasteiger partial charge is 0.457 e. The molecule has 0 aliphatic carbocycles. The van der Waals surface area contributed by atoms with Gasteiger partial charge in [0, 0.05) is 31.7 Å². The van der Waals surface area contributed by atoms with E-state index in [-0.39, 0.29) is 17.2 Å². The van der Waals surface area contributed by atoms with Crippen LogP contribution in [-0.2, 0) is 4.79 Å². The van der Waals surface area contributed by atoms with Crippen LogP contribution in [0.4, 0.5) is 0 Å². The van der Waals surface area contributed by atoms with Crippen LogP contribution in [0.1, 0.15) is 36.5 Å². The van der Waals surface area contributed by atoms with Gasteiger partial charge in [0.1, 0.15) is 11.5 Å². The Labute approximate surface area is 165 Å². The lowest BCUT2D eigenvalue weighted by Crippen LogP contribution is -2.38. The summed E-state index contributed by atoms with van der Waals surface area (Å²) in [4.78, 5) is 29.7. The number of carbonyl (C=O) groups is 2. The van der Waals surface area contributed by atoms with Crippen molar-refractivity contribution in [3.05, 3.63) is 60.2 Å². The van der Waals surface area contributed by atoms with Gasteiger partial charge in [0.25, 0.3) is 5.91 Å². The van der Waals surface area contributed by atoms with Crippen molar-refractivity contribution in [2.24, 2.45) is 5.41 Å². The van der Waals surface area contributed by atoms with E-state index in [0.29, 0.717) is 24.4 Å². The quantitative estimate of drug-likeness (QED) is 0.791. The van der Waals surface area contributed by atoms with Gasteiger partial charge in [0.15, 0.2) is 0 Å². The molecule has 2 aromatic rings. The number of benzene rings is 2. The molecule has 0 radical (unpaired) electrons. The third-order valence-corrected chi connectivity index (χ3v) is 5.80. The van der Waals surface area contributed by atoms with E-state index < -0.39 is 0 Å². The average molecular weight is 378 g/mol. The monoisotopic (exact) mass is 378 g/mol. The lowest BCUT2D eigenvalue weighted by atomic mass is 9.85. The maximum Gasteiger partial charge on any atom is 0.254 e. The summed E-state index contributed by atoms with van der Waals surface area (Å²) in [5.41, 5.74) is 0.226. The molecule has 1 atom stereocenters. The highest BCUT2D eigenvalue weighted by Crippen LogP contribution is 2.41. The van der Waals surface area contributed by atoms with Gasteiger partial charge in [0.05, 0.1) is 5.41 Å². The number of likely N-dealkylation sites (tertiary alicyclic amines) is 2. The van der Waals surface area contributed by atoms with Crippen molar-refractivity contribution in [2.45, 2.75) is 26.2 Å². The molecule has 2 aromatic carbocycles. The van der Waals surface area contributed by atoms with Crippen LogP contribution >= 0.6 is 0 Å². The second-order valence-corrected chi connectivity index (χ2v) is 7.74. The van der Waals surface area contributed by atoms with E-state index in [1.165, 1.54) is 0 Å². The van der Waals surface area contributed by atoms with Gasteiger partial charge in [0.2, 0.25) is 5.91 Å². The topological polar surface area (TPSA) is 49.9 Å². The molecule has 0 bridgehead atoms. The summed E-state index contributed by atoms with van der Waals surface area (Å²) >= 11 is 0. The zero-order valence-electron chi connectivity index (χ0n) is 16.3. The molecule has 0 saturated carbocycles. The van der Waals surface area contributed by atoms with Gasteiger partial charge in [-0.1, -0.05) is 31.2 Å². The number of hydrogen-bond acceptors (Lipinski definition) is 3. The van der Waals surface area contributed by atoms with Gasteiger partial charge in [-0.25, -0.2) is 0 Å². The first-order valence-corrected chi connectivity index (χ1v) is 10.0. The van der Waals surface area contributed by atoms with Gasteiger partial charge in [-0.05, 0) is 49.6 Å². The number of hydrogen-bond donors (Lipinski definition) is 0. The Morgan fingerprint density at radius 3 is 2.57 bits per heavy atom. The standard InChI is InChI=1S/C23H26N2O3/c1-2-13-24-14-11-23(22(24)27)12-15-25(17-23)21(26)18-7-6-10-20(16-18)28-19-8-4-3-5-9-19/h3-10,16H,2,11-15,17H2,1H3. The second kappa shape index (κ2) is 7.66. The van der Waals surface area contributed by atoms with Crippen molar-refractivity contribution in [1.82, 2.24) is 9.80 Å². The average Bonchev–Trinajstić information content (AvgIpc) is 3.28. The lowest BCUT2D eigenvalue weighted by molar-refractivity contribution is -0.135. The Morgan fingerprint density at radius 1 is 1.04 bits per heavy atom. The Bertz CT molecular complexity index is 867. The fourth-order valence-electron chi connectivity index (χ4n) is 4.30. The Balaban J connectivity index is 1.46. The van der Waals surface area contributed by atoms with Gasteiger partial charge in [-0.2, -0.15) is 0 Å². The van der Waals surface area contributed by atoms with Crippen molar-refractivity contribution in [1.29, 1.82) is 0 Å². The molecule has 4 rings (SSSR count). The number of nitrogens with zero attached hydrogens (tertiary/aromatic N) is 2. The summed E-state index contributed by atoms with van der Waals surface area (Å²) in [6, 6.07) is 16.8. The van der Waals surface area contributed by atoms with Crippen LogP contribution in [0.25, 0.3) is 0 Å². The first-order valence-electron chi connectivity index (χ1n) is 10.0. The van der Waals surface area contributed by atoms with Crippen molar-refractivity contribution in [3.63, 3.8) is 0 Å². The van der Waals surface area contributed by atoms with Crippen molar-refractivity contribution in [3.8, 4) is 11.5 Å². The predicted molar refractivity (Wildman–Crippen MR) is 107 cm³/mol. The van der Waals surface area contributed by atoms with E-state index in [4.69, 9.17) is 4.74 Å². The van der Waals surface area contributed by atoms with Crippen molar-refractivity contribution < 1.29 is 14.3 Å². The molecule has 2 fully saturated rings. The molecule has 1 unspecified atom stereocenters. The van der Waals surface area contributed by atoms with Crippen LogP contribution < -0.4 is 4.74 Å².